The van der Waals surface area contributed by atoms with E-state index in [0.29, 0.717) is 0 Å². The zero-order valence-electron chi connectivity index (χ0n) is 9.38. The average Bonchev–Trinajstić information content (AvgIpc) is 2.72. The van der Waals surface area contributed by atoms with E-state index in [0.717, 1.165) is 21.4 Å². The Morgan fingerprint density at radius 2 is 2.35 bits per heavy atom. The van der Waals surface area contributed by atoms with E-state index in [4.69, 9.17) is 17.3 Å². The van der Waals surface area contributed by atoms with Crippen molar-refractivity contribution in [2.24, 2.45) is 12.8 Å². The lowest BCUT2D eigenvalue weighted by molar-refractivity contribution is 0.640. The molecule has 0 aliphatic rings. The van der Waals surface area contributed by atoms with Crippen LogP contribution in [0.4, 0.5) is 0 Å². The molecule has 0 fully saturated rings. The molecule has 1 unspecified atom stereocenters. The summed E-state index contributed by atoms with van der Waals surface area (Å²) in [5, 5.41) is 8.42. The second-order valence-electron chi connectivity index (χ2n) is 3.66. The SMILES string of the molecule is Cn1nncc1C(N)CSc1cccc(Cl)c1. The number of nitrogens with two attached hydrogens (primary N) is 1. The topological polar surface area (TPSA) is 56.7 Å². The van der Waals surface area contributed by atoms with Crippen LogP contribution in [-0.2, 0) is 7.05 Å². The number of hydrogen-bond donors (Lipinski definition) is 1. The molecule has 0 aliphatic heterocycles. The molecule has 1 atom stereocenters. The number of benzene rings is 1. The number of halogens is 1. The van der Waals surface area contributed by atoms with Gasteiger partial charge in [-0.25, -0.2) is 0 Å². The number of hydrogen-bond acceptors (Lipinski definition) is 4. The third-order valence-corrected chi connectivity index (χ3v) is 3.70. The highest BCUT2D eigenvalue weighted by Crippen LogP contribution is 2.25. The maximum Gasteiger partial charge on any atom is 0.0759 e. The molecule has 2 N–H and O–H groups in total. The van der Waals surface area contributed by atoms with Crippen LogP contribution in [0.3, 0.4) is 0 Å². The first kappa shape index (κ1) is 12.4. The van der Waals surface area contributed by atoms with Crippen molar-refractivity contribution in [2.45, 2.75) is 10.9 Å². The molecule has 1 aromatic heterocycles. The van der Waals surface area contributed by atoms with Crippen LogP contribution in [0.25, 0.3) is 0 Å². The van der Waals surface area contributed by atoms with E-state index in [1.54, 1.807) is 22.6 Å². The Labute approximate surface area is 109 Å². The largest absolute Gasteiger partial charge is 0.322 e. The van der Waals surface area contributed by atoms with Crippen LogP contribution in [0.15, 0.2) is 35.4 Å². The molecule has 0 spiro atoms. The Hall–Kier alpha value is -1.04. The molecular weight excluding hydrogens is 256 g/mol. The fraction of sp³-hybridized carbons (Fsp3) is 0.273. The Kier molecular flexibility index (Phi) is 4.04. The fourth-order valence-electron chi connectivity index (χ4n) is 1.46. The van der Waals surface area contributed by atoms with Crippen molar-refractivity contribution in [3.05, 3.63) is 41.2 Å². The number of aryl methyl sites for hydroxylation is 1. The highest BCUT2D eigenvalue weighted by molar-refractivity contribution is 7.99. The van der Waals surface area contributed by atoms with Gasteiger partial charge in [0.15, 0.2) is 0 Å². The number of thioether (sulfide) groups is 1. The number of nitrogens with zero attached hydrogens (tertiary/aromatic N) is 3. The zero-order valence-corrected chi connectivity index (χ0v) is 10.9. The van der Waals surface area contributed by atoms with Crippen LogP contribution in [0, 0.1) is 0 Å². The zero-order chi connectivity index (χ0) is 12.3. The van der Waals surface area contributed by atoms with E-state index in [1.807, 2.05) is 31.3 Å². The molecule has 17 heavy (non-hydrogen) atoms. The van der Waals surface area contributed by atoms with Crippen molar-refractivity contribution < 1.29 is 0 Å². The van der Waals surface area contributed by atoms with Crippen LogP contribution in [0.2, 0.25) is 5.02 Å². The molecule has 6 heteroatoms. The Balaban J connectivity index is 1.97. The van der Waals surface area contributed by atoms with Gasteiger partial charge < -0.3 is 5.73 Å². The highest BCUT2D eigenvalue weighted by Gasteiger charge is 2.11. The van der Waals surface area contributed by atoms with Gasteiger partial charge in [0.1, 0.15) is 0 Å². The van der Waals surface area contributed by atoms with Crippen molar-refractivity contribution >= 4 is 23.4 Å². The van der Waals surface area contributed by atoms with Gasteiger partial charge in [-0.1, -0.05) is 22.9 Å². The van der Waals surface area contributed by atoms with Crippen molar-refractivity contribution in [2.75, 3.05) is 5.75 Å². The van der Waals surface area contributed by atoms with E-state index in [-0.39, 0.29) is 6.04 Å². The second kappa shape index (κ2) is 5.53. The van der Waals surface area contributed by atoms with Crippen LogP contribution >= 0.6 is 23.4 Å². The minimum Gasteiger partial charge on any atom is -0.322 e. The smallest absolute Gasteiger partial charge is 0.0759 e. The van der Waals surface area contributed by atoms with Gasteiger partial charge in [-0.05, 0) is 18.2 Å². The normalized spacial score (nSPS) is 12.6. The molecular formula is C11H13ClN4S. The van der Waals surface area contributed by atoms with Crippen LogP contribution < -0.4 is 5.73 Å². The minimum atomic E-state index is -0.0843. The van der Waals surface area contributed by atoms with Gasteiger partial charge in [0.05, 0.1) is 17.9 Å². The first-order valence-electron chi connectivity index (χ1n) is 5.15. The Morgan fingerprint density at radius 3 is 3.00 bits per heavy atom. The summed E-state index contributed by atoms with van der Waals surface area (Å²) in [6.07, 6.45) is 1.70. The van der Waals surface area contributed by atoms with Gasteiger partial charge in [0.2, 0.25) is 0 Å². The molecule has 4 nitrogen and oxygen atoms in total. The lowest BCUT2D eigenvalue weighted by atomic mass is 10.3. The summed E-state index contributed by atoms with van der Waals surface area (Å²) in [4.78, 5) is 1.11. The van der Waals surface area contributed by atoms with Crippen molar-refractivity contribution in [1.29, 1.82) is 0 Å². The van der Waals surface area contributed by atoms with Gasteiger partial charge in [0, 0.05) is 22.7 Å². The van der Waals surface area contributed by atoms with E-state index in [1.165, 1.54) is 0 Å². The molecule has 2 rings (SSSR count). The lowest BCUT2D eigenvalue weighted by Gasteiger charge is -2.10. The molecule has 0 radical (unpaired) electrons. The Morgan fingerprint density at radius 1 is 1.53 bits per heavy atom. The summed E-state index contributed by atoms with van der Waals surface area (Å²) in [7, 11) is 1.84. The van der Waals surface area contributed by atoms with Crippen LogP contribution in [0.5, 0.6) is 0 Å². The van der Waals surface area contributed by atoms with Crippen LogP contribution in [0.1, 0.15) is 11.7 Å². The summed E-state index contributed by atoms with van der Waals surface area (Å²) in [5.41, 5.74) is 7.00. The van der Waals surface area contributed by atoms with Gasteiger partial charge in [-0.3, -0.25) is 4.68 Å². The maximum atomic E-state index is 6.07. The molecule has 0 amide bonds. The third kappa shape index (κ3) is 3.21. The molecule has 0 aliphatic carbocycles. The maximum absolute atomic E-state index is 6.07. The number of aromatic nitrogens is 3. The molecule has 1 aromatic carbocycles. The fourth-order valence-corrected chi connectivity index (χ4v) is 2.64. The van der Waals surface area contributed by atoms with Gasteiger partial charge in [-0.15, -0.1) is 16.9 Å². The van der Waals surface area contributed by atoms with E-state index >= 15 is 0 Å². The molecule has 0 saturated carbocycles. The van der Waals surface area contributed by atoms with E-state index in [9.17, 15) is 0 Å². The van der Waals surface area contributed by atoms with Gasteiger partial charge in [0.25, 0.3) is 0 Å². The molecule has 2 aromatic rings. The Bertz CT molecular complexity index is 500. The van der Waals surface area contributed by atoms with Gasteiger partial charge >= 0.3 is 0 Å². The standard InChI is InChI=1S/C11H13ClN4S/c1-16-11(6-14-15-16)10(13)7-17-9-4-2-3-8(12)5-9/h2-6,10H,7,13H2,1H3. The van der Waals surface area contributed by atoms with E-state index in [2.05, 4.69) is 10.3 Å². The molecule has 90 valence electrons. The summed E-state index contributed by atoms with van der Waals surface area (Å²) in [5.74, 6) is 0.765. The summed E-state index contributed by atoms with van der Waals surface area (Å²) in [6.45, 7) is 0. The average molecular weight is 269 g/mol. The first-order chi connectivity index (χ1) is 8.16. The minimum absolute atomic E-state index is 0.0843. The lowest BCUT2D eigenvalue weighted by Crippen LogP contribution is -2.16. The third-order valence-electron chi connectivity index (χ3n) is 2.36. The quantitative estimate of drug-likeness (QED) is 0.865. The predicted molar refractivity (Wildman–Crippen MR) is 70.1 cm³/mol. The summed E-state index contributed by atoms with van der Waals surface area (Å²) >= 11 is 7.59. The van der Waals surface area contributed by atoms with Crippen molar-refractivity contribution in [3.63, 3.8) is 0 Å². The highest BCUT2D eigenvalue weighted by atomic mass is 35.5. The van der Waals surface area contributed by atoms with Crippen molar-refractivity contribution in [3.8, 4) is 0 Å². The molecule has 0 saturated heterocycles. The van der Waals surface area contributed by atoms with E-state index < -0.39 is 0 Å². The molecule has 0 bridgehead atoms. The first-order valence-corrected chi connectivity index (χ1v) is 6.51. The summed E-state index contributed by atoms with van der Waals surface area (Å²) < 4.78 is 1.70. The second-order valence-corrected chi connectivity index (χ2v) is 5.19. The van der Waals surface area contributed by atoms with Crippen LogP contribution in [-0.4, -0.2) is 20.7 Å². The van der Waals surface area contributed by atoms with Crippen molar-refractivity contribution in [1.82, 2.24) is 15.0 Å². The molecule has 1 heterocycles. The number of rotatable bonds is 4. The summed E-state index contributed by atoms with van der Waals surface area (Å²) in [6, 6.07) is 7.66. The monoisotopic (exact) mass is 268 g/mol. The predicted octanol–water partition coefficient (Wildman–Crippen LogP) is 2.26. The van der Waals surface area contributed by atoms with Gasteiger partial charge in [-0.2, -0.15) is 0 Å².